The molecular weight excluding hydrogens is 205 g/mol. The summed E-state index contributed by atoms with van der Waals surface area (Å²) in [7, 11) is 1.82. The van der Waals surface area contributed by atoms with Gasteiger partial charge in [0.15, 0.2) is 11.4 Å². The van der Waals surface area contributed by atoms with E-state index in [4.69, 9.17) is 16.0 Å². The molecular formula is C10H9ClFNO. The zero-order chi connectivity index (χ0) is 10.1. The fourth-order valence-corrected chi connectivity index (χ4v) is 1.57. The molecule has 2 aromatic rings. The number of halogens is 2. The van der Waals surface area contributed by atoms with E-state index in [1.165, 1.54) is 6.07 Å². The fraction of sp³-hybridized carbons (Fsp3) is 0.200. The minimum atomic E-state index is -0.494. The number of benzene rings is 1. The second kappa shape index (κ2) is 3.59. The Morgan fingerprint density at radius 2 is 2.29 bits per heavy atom. The third-order valence-electron chi connectivity index (χ3n) is 2.08. The summed E-state index contributed by atoms with van der Waals surface area (Å²) in [5.41, 5.74) is 1.15. The van der Waals surface area contributed by atoms with Crippen LogP contribution in [-0.4, -0.2) is 7.05 Å². The van der Waals surface area contributed by atoms with E-state index in [1.54, 1.807) is 12.3 Å². The van der Waals surface area contributed by atoms with Crippen LogP contribution in [0.3, 0.4) is 0 Å². The van der Waals surface area contributed by atoms with Gasteiger partial charge < -0.3 is 9.73 Å². The van der Waals surface area contributed by atoms with Gasteiger partial charge in [0.1, 0.15) is 0 Å². The Bertz CT molecular complexity index is 466. The highest BCUT2D eigenvalue weighted by molar-refractivity contribution is 6.31. The van der Waals surface area contributed by atoms with Crippen molar-refractivity contribution in [2.24, 2.45) is 0 Å². The molecule has 0 unspecified atom stereocenters. The Kier molecular flexibility index (Phi) is 2.44. The van der Waals surface area contributed by atoms with Crippen molar-refractivity contribution in [3.63, 3.8) is 0 Å². The molecule has 1 heterocycles. The Morgan fingerprint density at radius 1 is 1.50 bits per heavy atom. The molecule has 0 bridgehead atoms. The zero-order valence-corrected chi connectivity index (χ0v) is 8.36. The lowest BCUT2D eigenvalue weighted by atomic mass is 10.2. The van der Waals surface area contributed by atoms with Crippen LogP contribution < -0.4 is 5.32 Å². The molecule has 0 aliphatic carbocycles. The smallest absolute Gasteiger partial charge is 0.184 e. The topological polar surface area (TPSA) is 25.2 Å². The molecule has 74 valence electrons. The molecule has 1 aromatic carbocycles. The van der Waals surface area contributed by atoms with Gasteiger partial charge in [0, 0.05) is 17.5 Å². The number of furan rings is 1. The van der Waals surface area contributed by atoms with Crippen molar-refractivity contribution in [2.75, 3.05) is 7.05 Å². The van der Waals surface area contributed by atoms with Gasteiger partial charge in [-0.25, -0.2) is 4.39 Å². The number of fused-ring (bicyclic) bond motifs is 1. The van der Waals surface area contributed by atoms with Gasteiger partial charge in [-0.15, -0.1) is 0 Å². The highest BCUT2D eigenvalue weighted by Crippen LogP contribution is 2.28. The van der Waals surface area contributed by atoms with Crippen molar-refractivity contribution in [1.29, 1.82) is 0 Å². The largest absolute Gasteiger partial charge is 0.461 e. The van der Waals surface area contributed by atoms with Crippen molar-refractivity contribution >= 4 is 22.6 Å². The van der Waals surface area contributed by atoms with Crippen LogP contribution in [0.15, 0.2) is 22.8 Å². The van der Waals surface area contributed by atoms with Crippen molar-refractivity contribution in [3.05, 3.63) is 34.8 Å². The van der Waals surface area contributed by atoms with E-state index < -0.39 is 5.82 Å². The van der Waals surface area contributed by atoms with E-state index in [9.17, 15) is 4.39 Å². The first-order chi connectivity index (χ1) is 6.74. The molecule has 0 aliphatic heterocycles. The van der Waals surface area contributed by atoms with Crippen LogP contribution in [0, 0.1) is 5.82 Å². The third kappa shape index (κ3) is 1.38. The summed E-state index contributed by atoms with van der Waals surface area (Å²) < 4.78 is 18.5. The van der Waals surface area contributed by atoms with Gasteiger partial charge in [-0.2, -0.15) is 0 Å². The van der Waals surface area contributed by atoms with E-state index in [0.29, 0.717) is 6.54 Å². The summed E-state index contributed by atoms with van der Waals surface area (Å²) in [6.07, 6.45) is 1.54. The molecule has 2 nitrogen and oxygen atoms in total. The van der Waals surface area contributed by atoms with E-state index in [0.717, 1.165) is 10.9 Å². The maximum absolute atomic E-state index is 13.4. The first kappa shape index (κ1) is 9.49. The van der Waals surface area contributed by atoms with Gasteiger partial charge >= 0.3 is 0 Å². The van der Waals surface area contributed by atoms with E-state index in [1.807, 2.05) is 7.05 Å². The number of nitrogens with one attached hydrogen (secondary N) is 1. The molecule has 0 aliphatic rings. The summed E-state index contributed by atoms with van der Waals surface area (Å²) in [5.74, 6) is -0.494. The summed E-state index contributed by atoms with van der Waals surface area (Å²) >= 11 is 5.62. The minimum absolute atomic E-state index is 0.0860. The second-order valence-corrected chi connectivity index (χ2v) is 3.44. The quantitative estimate of drug-likeness (QED) is 0.830. The van der Waals surface area contributed by atoms with Crippen LogP contribution >= 0.6 is 11.6 Å². The maximum atomic E-state index is 13.4. The second-order valence-electron chi connectivity index (χ2n) is 3.03. The van der Waals surface area contributed by atoms with Gasteiger partial charge in [-0.3, -0.25) is 0 Å². The standard InChI is InChI=1S/C10H9ClFNO/c1-13-4-6-5-14-10-7(6)2-3-8(11)9(10)12/h2-3,5,13H,4H2,1H3. The molecule has 0 fully saturated rings. The third-order valence-corrected chi connectivity index (χ3v) is 2.37. The predicted molar refractivity (Wildman–Crippen MR) is 53.9 cm³/mol. The Labute approximate surface area is 85.7 Å². The van der Waals surface area contributed by atoms with Crippen molar-refractivity contribution < 1.29 is 8.81 Å². The highest BCUT2D eigenvalue weighted by Gasteiger charge is 2.11. The van der Waals surface area contributed by atoms with Gasteiger partial charge in [-0.1, -0.05) is 11.6 Å². The summed E-state index contributed by atoms with van der Waals surface area (Å²) in [6, 6.07) is 3.30. The molecule has 0 saturated carbocycles. The average molecular weight is 214 g/mol. The maximum Gasteiger partial charge on any atom is 0.184 e. The Morgan fingerprint density at radius 3 is 3.00 bits per heavy atom. The van der Waals surface area contributed by atoms with Gasteiger partial charge in [0.25, 0.3) is 0 Å². The number of hydrogen-bond acceptors (Lipinski definition) is 2. The minimum Gasteiger partial charge on any atom is -0.461 e. The lowest BCUT2D eigenvalue weighted by molar-refractivity contribution is 0.557. The zero-order valence-electron chi connectivity index (χ0n) is 7.60. The molecule has 1 N–H and O–H groups in total. The van der Waals surface area contributed by atoms with Crippen molar-refractivity contribution in [1.82, 2.24) is 5.32 Å². The molecule has 0 radical (unpaired) electrons. The van der Waals surface area contributed by atoms with E-state index >= 15 is 0 Å². The Hall–Kier alpha value is -1.06. The molecule has 0 spiro atoms. The molecule has 0 saturated heterocycles. The van der Waals surface area contributed by atoms with Gasteiger partial charge in [0.05, 0.1) is 11.3 Å². The number of hydrogen-bond donors (Lipinski definition) is 1. The molecule has 4 heteroatoms. The van der Waals surface area contributed by atoms with Gasteiger partial charge in [0.2, 0.25) is 0 Å². The van der Waals surface area contributed by atoms with Crippen LogP contribution in [-0.2, 0) is 6.54 Å². The van der Waals surface area contributed by atoms with Crippen LogP contribution in [0.1, 0.15) is 5.56 Å². The summed E-state index contributed by atoms with van der Waals surface area (Å²) in [5, 5.41) is 3.83. The monoisotopic (exact) mass is 213 g/mol. The SMILES string of the molecule is CNCc1coc2c(F)c(Cl)ccc12. The first-order valence-electron chi connectivity index (χ1n) is 4.22. The highest BCUT2D eigenvalue weighted by atomic mass is 35.5. The summed E-state index contributed by atoms with van der Waals surface area (Å²) in [6.45, 7) is 0.647. The average Bonchev–Trinajstić information content (AvgIpc) is 2.57. The van der Waals surface area contributed by atoms with E-state index in [2.05, 4.69) is 5.32 Å². The van der Waals surface area contributed by atoms with Crippen molar-refractivity contribution in [3.8, 4) is 0 Å². The molecule has 0 amide bonds. The Balaban J connectivity index is 2.64. The lowest BCUT2D eigenvalue weighted by Crippen LogP contribution is -2.03. The fourth-order valence-electron chi connectivity index (χ4n) is 1.42. The van der Waals surface area contributed by atoms with Crippen molar-refractivity contribution in [2.45, 2.75) is 6.54 Å². The first-order valence-corrected chi connectivity index (χ1v) is 4.60. The van der Waals surface area contributed by atoms with E-state index in [-0.39, 0.29) is 10.6 Å². The predicted octanol–water partition coefficient (Wildman–Crippen LogP) is 2.94. The normalized spacial score (nSPS) is 11.1. The molecule has 0 atom stereocenters. The van der Waals surface area contributed by atoms with Gasteiger partial charge in [-0.05, 0) is 19.2 Å². The lowest BCUT2D eigenvalue weighted by Gasteiger charge is -1.97. The number of rotatable bonds is 2. The van der Waals surface area contributed by atoms with Crippen LogP contribution in [0.5, 0.6) is 0 Å². The molecule has 14 heavy (non-hydrogen) atoms. The van der Waals surface area contributed by atoms with Crippen LogP contribution in [0.25, 0.3) is 11.0 Å². The summed E-state index contributed by atoms with van der Waals surface area (Å²) in [4.78, 5) is 0. The van der Waals surface area contributed by atoms with Crippen LogP contribution in [0.2, 0.25) is 5.02 Å². The molecule has 2 rings (SSSR count). The molecule has 1 aromatic heterocycles. The van der Waals surface area contributed by atoms with Crippen LogP contribution in [0.4, 0.5) is 4.39 Å².